The fourth-order valence-electron chi connectivity index (χ4n) is 1.07. The molecule has 29 heavy (non-hydrogen) atoms. The van der Waals surface area contributed by atoms with Crippen LogP contribution in [0.25, 0.3) is 12.2 Å². The summed E-state index contributed by atoms with van der Waals surface area (Å²) in [6, 6.07) is 8.06. The molecule has 8 nitrogen and oxygen atoms in total. The van der Waals surface area contributed by atoms with Crippen LogP contribution >= 0.6 is 0 Å². The summed E-state index contributed by atoms with van der Waals surface area (Å²) in [7, 11) is 0. The average Bonchev–Trinajstić information content (AvgIpc) is 2.68. The van der Waals surface area contributed by atoms with Crippen LogP contribution in [-0.2, 0) is 14.4 Å². The molecule has 0 spiro atoms. The Bertz CT molecular complexity index is 667. The molecule has 0 aliphatic rings. The summed E-state index contributed by atoms with van der Waals surface area (Å²) in [6.07, 6.45) is 3.15. The van der Waals surface area contributed by atoms with Crippen LogP contribution in [0.15, 0.2) is 61.7 Å². The van der Waals surface area contributed by atoms with Crippen LogP contribution in [0.2, 0.25) is 0 Å². The topological polar surface area (TPSA) is 152 Å². The van der Waals surface area contributed by atoms with Crippen LogP contribution in [0.4, 0.5) is 0 Å². The van der Waals surface area contributed by atoms with Crippen molar-refractivity contribution in [1.82, 2.24) is 0 Å². The molecule has 0 aliphatic heterocycles. The zero-order valence-electron chi connectivity index (χ0n) is 16.4. The van der Waals surface area contributed by atoms with Gasteiger partial charge in [-0.15, -0.1) is 0 Å². The summed E-state index contributed by atoms with van der Waals surface area (Å²) in [5, 5.41) is 39.2. The van der Waals surface area contributed by atoms with E-state index in [1.807, 2.05) is 36.4 Å². The summed E-state index contributed by atoms with van der Waals surface area (Å²) >= 11 is 0. The number of benzene rings is 1. The summed E-state index contributed by atoms with van der Waals surface area (Å²) in [5.41, 5.74) is 2.15. The maximum Gasteiger partial charge on any atom is 0.331 e. The molecule has 0 radical (unpaired) electrons. The molecular formula is C21H28O8. The Morgan fingerprint density at radius 3 is 1.45 bits per heavy atom. The third-order valence-electron chi connectivity index (χ3n) is 2.51. The molecule has 0 saturated carbocycles. The Hall–Kier alpha value is -3.49. The molecule has 1 rings (SSSR count). The second-order valence-corrected chi connectivity index (χ2v) is 5.09. The standard InChI is InChI=1S/C10H10.C5H6O4.C4H6O2.C2H6O2/c1-3-9-6-5-7-10(4-2)8-9;1-3(5(8)9)2-4(6)7;1-3(2)4(5)6;3-1-2-4/h3-8H,1-2H2;1-2H2,(H,6,7)(H,8,9);1H2,2H3,(H,5,6);3-4H,1-2H2. The molecule has 0 atom stereocenters. The Labute approximate surface area is 170 Å². The zero-order chi connectivity index (χ0) is 23.4. The van der Waals surface area contributed by atoms with Crippen molar-refractivity contribution in [3.05, 3.63) is 72.9 Å². The van der Waals surface area contributed by atoms with Gasteiger partial charge in [0.05, 0.1) is 19.6 Å². The second kappa shape index (κ2) is 19.3. The monoisotopic (exact) mass is 408 g/mol. The van der Waals surface area contributed by atoms with Gasteiger partial charge < -0.3 is 25.5 Å². The van der Waals surface area contributed by atoms with Crippen molar-refractivity contribution in [3.8, 4) is 0 Å². The minimum atomic E-state index is -1.27. The van der Waals surface area contributed by atoms with Crippen LogP contribution in [0.5, 0.6) is 0 Å². The van der Waals surface area contributed by atoms with Crippen molar-refractivity contribution >= 4 is 30.1 Å². The minimum Gasteiger partial charge on any atom is -0.481 e. The maximum atomic E-state index is 9.87. The fraction of sp³-hybridized carbons (Fsp3) is 0.190. The number of hydrogen-bond donors (Lipinski definition) is 5. The highest BCUT2D eigenvalue weighted by Crippen LogP contribution is 2.06. The number of carboxylic acids is 3. The van der Waals surface area contributed by atoms with Gasteiger partial charge in [-0.1, -0.05) is 56.7 Å². The van der Waals surface area contributed by atoms with E-state index in [0.717, 1.165) is 11.1 Å². The molecule has 0 bridgehead atoms. The number of hydrogen-bond acceptors (Lipinski definition) is 5. The van der Waals surface area contributed by atoms with E-state index >= 15 is 0 Å². The maximum absolute atomic E-state index is 9.87. The van der Waals surface area contributed by atoms with E-state index in [-0.39, 0.29) is 24.4 Å². The van der Waals surface area contributed by atoms with Crippen molar-refractivity contribution in [2.75, 3.05) is 13.2 Å². The van der Waals surface area contributed by atoms with Crippen molar-refractivity contribution in [2.24, 2.45) is 0 Å². The highest BCUT2D eigenvalue weighted by atomic mass is 16.4. The molecule has 0 aromatic heterocycles. The lowest BCUT2D eigenvalue weighted by atomic mass is 10.1. The van der Waals surface area contributed by atoms with E-state index in [2.05, 4.69) is 26.3 Å². The smallest absolute Gasteiger partial charge is 0.331 e. The highest BCUT2D eigenvalue weighted by molar-refractivity contribution is 5.91. The van der Waals surface area contributed by atoms with Gasteiger partial charge >= 0.3 is 17.9 Å². The molecule has 0 heterocycles. The molecule has 160 valence electrons. The number of rotatable bonds is 7. The van der Waals surface area contributed by atoms with Gasteiger partial charge in [-0.2, -0.15) is 0 Å². The quantitative estimate of drug-likeness (QED) is 0.432. The van der Waals surface area contributed by atoms with E-state index in [0.29, 0.717) is 0 Å². The molecular weight excluding hydrogens is 380 g/mol. The minimum absolute atomic E-state index is 0.125. The summed E-state index contributed by atoms with van der Waals surface area (Å²) in [4.78, 5) is 29.3. The van der Waals surface area contributed by atoms with Crippen molar-refractivity contribution in [3.63, 3.8) is 0 Å². The molecule has 8 heteroatoms. The number of aliphatic hydroxyl groups is 2. The lowest BCUT2D eigenvalue weighted by molar-refractivity contribution is -0.139. The third kappa shape index (κ3) is 22.5. The number of carboxylic acid groups (broad SMARTS) is 3. The van der Waals surface area contributed by atoms with Crippen LogP contribution in [0.3, 0.4) is 0 Å². The predicted octanol–water partition coefficient (Wildman–Crippen LogP) is 2.69. The van der Waals surface area contributed by atoms with Gasteiger partial charge in [0.1, 0.15) is 0 Å². The van der Waals surface area contributed by atoms with Gasteiger partial charge in [0.25, 0.3) is 0 Å². The van der Waals surface area contributed by atoms with Crippen molar-refractivity contribution in [1.29, 1.82) is 0 Å². The van der Waals surface area contributed by atoms with Gasteiger partial charge in [-0.05, 0) is 24.1 Å². The molecule has 0 amide bonds. The molecule has 5 N–H and O–H groups in total. The molecule has 0 aliphatic carbocycles. The predicted molar refractivity (Wildman–Crippen MR) is 112 cm³/mol. The number of aliphatic hydroxyl groups excluding tert-OH is 2. The summed E-state index contributed by atoms with van der Waals surface area (Å²) < 4.78 is 0. The van der Waals surface area contributed by atoms with Gasteiger partial charge in [0.15, 0.2) is 0 Å². The van der Waals surface area contributed by atoms with Crippen LogP contribution in [0.1, 0.15) is 24.5 Å². The number of aliphatic carboxylic acids is 3. The van der Waals surface area contributed by atoms with Crippen LogP contribution in [-0.4, -0.2) is 56.7 Å². The SMILES string of the molecule is C=C(C)C(=O)O.C=C(CC(=O)O)C(=O)O.C=Cc1cccc(C=C)c1.OCCO. The fourth-order valence-corrected chi connectivity index (χ4v) is 1.07. The first-order chi connectivity index (χ1) is 13.5. The first kappa shape index (κ1) is 30.2. The van der Waals surface area contributed by atoms with Gasteiger partial charge in [-0.25, -0.2) is 9.59 Å². The first-order valence-electron chi connectivity index (χ1n) is 8.05. The molecule has 1 aromatic rings. The van der Waals surface area contributed by atoms with Gasteiger partial charge in [0.2, 0.25) is 0 Å². The first-order valence-corrected chi connectivity index (χ1v) is 8.05. The second-order valence-electron chi connectivity index (χ2n) is 5.09. The van der Waals surface area contributed by atoms with E-state index in [1.54, 1.807) is 0 Å². The Morgan fingerprint density at radius 2 is 1.28 bits per heavy atom. The normalized spacial score (nSPS) is 8.24. The summed E-state index contributed by atoms with van der Waals surface area (Å²) in [5.74, 6) is -3.38. The van der Waals surface area contributed by atoms with Crippen LogP contribution in [0, 0.1) is 0 Å². The van der Waals surface area contributed by atoms with E-state index < -0.39 is 24.3 Å². The highest BCUT2D eigenvalue weighted by Gasteiger charge is 2.07. The van der Waals surface area contributed by atoms with E-state index in [1.165, 1.54) is 6.92 Å². The van der Waals surface area contributed by atoms with E-state index in [9.17, 15) is 14.4 Å². The lowest BCUT2D eigenvalue weighted by Gasteiger charge is -1.93. The third-order valence-corrected chi connectivity index (χ3v) is 2.51. The Kier molecular flexibility index (Phi) is 20.1. The number of carbonyl (C=O) groups is 3. The average molecular weight is 408 g/mol. The molecule has 1 aromatic carbocycles. The summed E-state index contributed by atoms with van der Waals surface area (Å²) in [6.45, 7) is 14.7. The molecule has 0 fully saturated rings. The van der Waals surface area contributed by atoms with Gasteiger partial charge in [-0.3, -0.25) is 4.79 Å². The van der Waals surface area contributed by atoms with Crippen molar-refractivity contribution < 1.29 is 39.9 Å². The lowest BCUT2D eigenvalue weighted by Crippen LogP contribution is -2.04. The Morgan fingerprint density at radius 1 is 0.897 bits per heavy atom. The molecule has 0 unspecified atom stereocenters. The zero-order valence-corrected chi connectivity index (χ0v) is 16.4. The van der Waals surface area contributed by atoms with Gasteiger partial charge in [0, 0.05) is 11.1 Å². The Balaban J connectivity index is -0.000000329. The van der Waals surface area contributed by atoms with E-state index in [4.69, 9.17) is 25.5 Å². The van der Waals surface area contributed by atoms with Crippen LogP contribution < -0.4 is 0 Å². The van der Waals surface area contributed by atoms with Crippen molar-refractivity contribution in [2.45, 2.75) is 13.3 Å². The largest absolute Gasteiger partial charge is 0.481 e. The molecule has 0 saturated heterocycles.